The van der Waals surface area contributed by atoms with Crippen molar-refractivity contribution in [2.24, 2.45) is 0 Å². The molecule has 0 spiro atoms. The summed E-state index contributed by atoms with van der Waals surface area (Å²) in [5.41, 5.74) is 3.94. The molecule has 5 aromatic carbocycles. The SMILES string of the molecule is CCc1cc(-c2ccc(F)cc2)c(OCc2ccccc2)cc1OCCCOc1ccc(S(=O)c2ccc(C(=O)O)cc2)cc1. The molecule has 8 heteroatoms. The van der Waals surface area contributed by atoms with Crippen LogP contribution in [0.1, 0.15) is 34.8 Å². The largest absolute Gasteiger partial charge is 0.493 e. The Kier molecular flexibility index (Phi) is 10.6. The standard InChI is InChI=1S/C37H33FO6S/c1-2-27-23-34(28-9-13-30(38)14-10-28)36(44-25-26-7-4-3-5-8-26)24-35(27)43-22-6-21-42-31-15-19-33(20-16-31)45(41)32-17-11-29(12-18-32)37(39)40/h3-5,7-20,23-24H,2,6,21-22,25H2,1H3,(H,39,40). The van der Waals surface area contributed by atoms with E-state index in [1.165, 1.54) is 24.3 Å². The van der Waals surface area contributed by atoms with Crippen LogP contribution >= 0.6 is 0 Å². The van der Waals surface area contributed by atoms with E-state index in [1.54, 1.807) is 48.5 Å². The van der Waals surface area contributed by atoms with E-state index in [0.717, 1.165) is 34.4 Å². The number of carboxylic acids is 1. The number of benzene rings is 5. The number of hydrogen-bond acceptors (Lipinski definition) is 5. The number of aryl methyl sites for hydroxylation is 1. The molecule has 1 unspecified atom stereocenters. The molecule has 0 saturated heterocycles. The number of carboxylic acid groups (broad SMARTS) is 1. The summed E-state index contributed by atoms with van der Waals surface area (Å²) in [6, 6.07) is 33.3. The van der Waals surface area contributed by atoms with Gasteiger partial charge in [-0.25, -0.2) is 13.4 Å². The van der Waals surface area contributed by atoms with Crippen molar-refractivity contribution in [3.05, 3.63) is 138 Å². The molecule has 1 N–H and O–H groups in total. The highest BCUT2D eigenvalue weighted by atomic mass is 32.2. The average Bonchev–Trinajstić information content (AvgIpc) is 3.08. The molecule has 0 aliphatic heterocycles. The molecular weight excluding hydrogens is 591 g/mol. The second kappa shape index (κ2) is 15.2. The van der Waals surface area contributed by atoms with Crippen LogP contribution in [0.3, 0.4) is 0 Å². The molecule has 0 heterocycles. The first-order valence-electron chi connectivity index (χ1n) is 14.6. The van der Waals surface area contributed by atoms with Crippen LogP contribution < -0.4 is 14.2 Å². The number of halogens is 1. The van der Waals surface area contributed by atoms with Crippen LogP contribution in [0.2, 0.25) is 0 Å². The molecule has 5 aromatic rings. The number of hydrogen-bond donors (Lipinski definition) is 1. The fraction of sp³-hybridized carbons (Fsp3) is 0.162. The first kappa shape index (κ1) is 31.5. The van der Waals surface area contributed by atoms with Crippen LogP contribution in [0.4, 0.5) is 4.39 Å². The van der Waals surface area contributed by atoms with E-state index in [2.05, 4.69) is 6.92 Å². The molecule has 0 aromatic heterocycles. The fourth-order valence-electron chi connectivity index (χ4n) is 4.67. The monoisotopic (exact) mass is 624 g/mol. The van der Waals surface area contributed by atoms with E-state index in [-0.39, 0.29) is 11.4 Å². The molecule has 0 radical (unpaired) electrons. The number of rotatable bonds is 14. The molecule has 0 aliphatic carbocycles. The van der Waals surface area contributed by atoms with E-state index in [0.29, 0.717) is 47.5 Å². The lowest BCUT2D eigenvalue weighted by Crippen LogP contribution is -2.07. The highest BCUT2D eigenvalue weighted by molar-refractivity contribution is 7.85. The third-order valence-corrected chi connectivity index (χ3v) is 8.50. The molecule has 230 valence electrons. The van der Waals surface area contributed by atoms with Gasteiger partial charge in [-0.15, -0.1) is 0 Å². The minimum absolute atomic E-state index is 0.147. The van der Waals surface area contributed by atoms with Crippen LogP contribution in [0.5, 0.6) is 17.2 Å². The zero-order chi connectivity index (χ0) is 31.6. The number of aromatic carboxylic acids is 1. The molecular formula is C37H33FO6S. The molecule has 0 fully saturated rings. The quantitative estimate of drug-likeness (QED) is 0.125. The fourth-order valence-corrected chi connectivity index (χ4v) is 5.71. The minimum atomic E-state index is -1.44. The van der Waals surface area contributed by atoms with Crippen molar-refractivity contribution >= 4 is 16.8 Å². The first-order chi connectivity index (χ1) is 21.9. The van der Waals surface area contributed by atoms with Crippen LogP contribution in [0.15, 0.2) is 125 Å². The Morgan fingerprint density at radius 1 is 0.756 bits per heavy atom. The zero-order valence-electron chi connectivity index (χ0n) is 24.8. The lowest BCUT2D eigenvalue weighted by molar-refractivity contribution is 0.0696. The van der Waals surface area contributed by atoms with Crippen molar-refractivity contribution in [2.45, 2.75) is 36.2 Å². The van der Waals surface area contributed by atoms with Gasteiger partial charge in [0.05, 0.1) is 29.6 Å². The summed E-state index contributed by atoms with van der Waals surface area (Å²) < 4.78 is 44.8. The van der Waals surface area contributed by atoms with E-state index >= 15 is 0 Å². The van der Waals surface area contributed by atoms with Gasteiger partial charge in [-0.2, -0.15) is 0 Å². The highest BCUT2D eigenvalue weighted by Crippen LogP contribution is 2.37. The lowest BCUT2D eigenvalue weighted by atomic mass is 10.00. The third-order valence-electron chi connectivity index (χ3n) is 7.10. The summed E-state index contributed by atoms with van der Waals surface area (Å²) in [6.07, 6.45) is 1.38. The van der Waals surface area contributed by atoms with Crippen molar-refractivity contribution < 1.29 is 32.7 Å². The van der Waals surface area contributed by atoms with Crippen molar-refractivity contribution in [3.63, 3.8) is 0 Å². The van der Waals surface area contributed by atoms with Crippen LogP contribution in [-0.4, -0.2) is 28.5 Å². The van der Waals surface area contributed by atoms with Gasteiger partial charge in [0.2, 0.25) is 0 Å². The van der Waals surface area contributed by atoms with Gasteiger partial charge >= 0.3 is 5.97 Å². The van der Waals surface area contributed by atoms with Gasteiger partial charge < -0.3 is 19.3 Å². The third kappa shape index (κ3) is 8.37. The predicted molar refractivity (Wildman–Crippen MR) is 172 cm³/mol. The Morgan fingerprint density at radius 3 is 2.04 bits per heavy atom. The Labute approximate surface area is 264 Å². The van der Waals surface area contributed by atoms with Crippen LogP contribution in [-0.2, 0) is 23.8 Å². The van der Waals surface area contributed by atoms with Crippen LogP contribution in [0.25, 0.3) is 11.1 Å². The summed E-state index contributed by atoms with van der Waals surface area (Å²) in [6.45, 7) is 3.30. The van der Waals surface area contributed by atoms with Crippen molar-refractivity contribution in [1.29, 1.82) is 0 Å². The van der Waals surface area contributed by atoms with E-state index in [1.807, 2.05) is 42.5 Å². The Hall–Kier alpha value is -4.95. The van der Waals surface area contributed by atoms with Gasteiger partial charge in [0, 0.05) is 27.8 Å². The molecule has 0 aliphatic rings. The molecule has 0 amide bonds. The highest BCUT2D eigenvalue weighted by Gasteiger charge is 2.14. The second-order valence-electron chi connectivity index (χ2n) is 10.2. The van der Waals surface area contributed by atoms with E-state index in [9.17, 15) is 13.4 Å². The minimum Gasteiger partial charge on any atom is -0.493 e. The van der Waals surface area contributed by atoms with E-state index < -0.39 is 16.8 Å². The zero-order valence-corrected chi connectivity index (χ0v) is 25.6. The second-order valence-corrected chi connectivity index (χ2v) is 11.7. The van der Waals surface area contributed by atoms with Crippen molar-refractivity contribution in [1.82, 2.24) is 0 Å². The summed E-state index contributed by atoms with van der Waals surface area (Å²) >= 11 is 0. The lowest BCUT2D eigenvalue weighted by Gasteiger charge is -2.18. The van der Waals surface area contributed by atoms with Gasteiger partial charge in [0.1, 0.15) is 29.7 Å². The smallest absolute Gasteiger partial charge is 0.335 e. The van der Waals surface area contributed by atoms with Crippen LogP contribution in [0, 0.1) is 5.82 Å². The maximum Gasteiger partial charge on any atom is 0.335 e. The molecule has 1 atom stereocenters. The Balaban J connectivity index is 1.19. The van der Waals surface area contributed by atoms with E-state index in [4.69, 9.17) is 19.3 Å². The van der Waals surface area contributed by atoms with Gasteiger partial charge in [-0.05, 0) is 89.8 Å². The van der Waals surface area contributed by atoms with Crippen molar-refractivity contribution in [2.75, 3.05) is 13.2 Å². The maximum atomic E-state index is 13.6. The molecule has 45 heavy (non-hydrogen) atoms. The predicted octanol–water partition coefficient (Wildman–Crippen LogP) is 8.35. The molecule has 6 nitrogen and oxygen atoms in total. The topological polar surface area (TPSA) is 82.1 Å². The Morgan fingerprint density at radius 2 is 1.40 bits per heavy atom. The maximum absolute atomic E-state index is 13.6. The summed E-state index contributed by atoms with van der Waals surface area (Å²) in [5, 5.41) is 9.06. The summed E-state index contributed by atoms with van der Waals surface area (Å²) in [7, 11) is -1.44. The first-order valence-corrected chi connectivity index (χ1v) is 15.8. The molecule has 0 saturated carbocycles. The summed E-state index contributed by atoms with van der Waals surface area (Å²) in [5.74, 6) is 0.715. The number of ether oxygens (including phenoxy) is 3. The molecule has 0 bridgehead atoms. The van der Waals surface area contributed by atoms with Gasteiger partial charge in [-0.3, -0.25) is 0 Å². The Bertz CT molecular complexity index is 1740. The van der Waals surface area contributed by atoms with Gasteiger partial charge in [0.15, 0.2) is 0 Å². The normalized spacial score (nSPS) is 11.5. The van der Waals surface area contributed by atoms with Crippen molar-refractivity contribution in [3.8, 4) is 28.4 Å². The molecule has 5 rings (SSSR count). The van der Waals surface area contributed by atoms with Gasteiger partial charge in [-0.1, -0.05) is 49.4 Å². The summed E-state index contributed by atoms with van der Waals surface area (Å²) in [4.78, 5) is 12.2. The number of carbonyl (C=O) groups is 1. The average molecular weight is 625 g/mol. The van der Waals surface area contributed by atoms with Gasteiger partial charge in [0.25, 0.3) is 0 Å².